The summed E-state index contributed by atoms with van der Waals surface area (Å²) in [4.78, 5) is 16.6. The molecule has 0 unspecified atom stereocenters. The molecule has 0 aromatic heterocycles. The molecule has 1 heterocycles. The fourth-order valence-electron chi connectivity index (χ4n) is 3.27. The van der Waals surface area contributed by atoms with Crippen molar-refractivity contribution in [3.05, 3.63) is 29.8 Å². The highest BCUT2D eigenvalue weighted by molar-refractivity contribution is 5.74. The Hall–Kier alpha value is -1.79. The van der Waals surface area contributed by atoms with Crippen molar-refractivity contribution in [3.8, 4) is 5.75 Å². The minimum absolute atomic E-state index is 0.0624. The second-order valence-corrected chi connectivity index (χ2v) is 6.07. The number of amides is 2. The quantitative estimate of drug-likeness (QED) is 0.759. The van der Waals surface area contributed by atoms with Gasteiger partial charge in [0, 0.05) is 24.7 Å². The fourth-order valence-corrected chi connectivity index (χ4v) is 3.27. The van der Waals surface area contributed by atoms with Crippen LogP contribution in [0.3, 0.4) is 0 Å². The number of nitrogens with one attached hydrogen (secondary N) is 1. The van der Waals surface area contributed by atoms with Gasteiger partial charge in [-0.05, 0) is 32.0 Å². The van der Waals surface area contributed by atoms with Crippen LogP contribution in [0.2, 0.25) is 0 Å². The van der Waals surface area contributed by atoms with Gasteiger partial charge in [-0.3, -0.25) is 4.90 Å². The normalized spacial score (nSPS) is 17.7. The monoisotopic (exact) mass is 335 g/mol. The molecule has 2 N–H and O–H groups in total. The maximum Gasteiger partial charge on any atom is 0.317 e. The lowest BCUT2D eigenvalue weighted by atomic mass is 10.2. The van der Waals surface area contributed by atoms with Gasteiger partial charge in [0.2, 0.25) is 0 Å². The standard InChI is InChI=1S/C18H29N3O3/c1-3-20-10-6-8-16(20)13-19-18(23)21(11-12-22)14-15-7-4-5-9-17(15)24-2/h4-5,7,9,16,22H,3,6,8,10-14H2,1-2H3,(H,19,23)/t16-/m1/s1. The molecule has 134 valence electrons. The van der Waals surface area contributed by atoms with Crippen molar-refractivity contribution >= 4 is 6.03 Å². The molecule has 1 atom stereocenters. The Labute approximate surface area is 144 Å². The van der Waals surface area contributed by atoms with Gasteiger partial charge in [-0.1, -0.05) is 25.1 Å². The minimum Gasteiger partial charge on any atom is -0.496 e. The van der Waals surface area contributed by atoms with E-state index in [4.69, 9.17) is 4.74 Å². The summed E-state index contributed by atoms with van der Waals surface area (Å²) in [5.74, 6) is 0.751. The smallest absolute Gasteiger partial charge is 0.317 e. The number of nitrogens with zero attached hydrogens (tertiary/aromatic N) is 2. The summed E-state index contributed by atoms with van der Waals surface area (Å²) in [5, 5.41) is 12.3. The molecule has 1 aliphatic heterocycles. The van der Waals surface area contributed by atoms with E-state index in [9.17, 15) is 9.90 Å². The van der Waals surface area contributed by atoms with Crippen LogP contribution in [0.5, 0.6) is 5.75 Å². The van der Waals surface area contributed by atoms with Crippen LogP contribution in [-0.4, -0.2) is 66.9 Å². The van der Waals surface area contributed by atoms with E-state index in [0.29, 0.717) is 25.7 Å². The van der Waals surface area contributed by atoms with Crippen molar-refractivity contribution in [1.82, 2.24) is 15.1 Å². The number of carbonyl (C=O) groups excluding carboxylic acids is 1. The molecule has 24 heavy (non-hydrogen) atoms. The van der Waals surface area contributed by atoms with Crippen LogP contribution in [0.4, 0.5) is 4.79 Å². The predicted molar refractivity (Wildman–Crippen MR) is 94.2 cm³/mol. The van der Waals surface area contributed by atoms with Gasteiger partial charge in [0.05, 0.1) is 20.3 Å². The number of benzene rings is 1. The number of methoxy groups -OCH3 is 1. The van der Waals surface area contributed by atoms with E-state index in [2.05, 4.69) is 17.1 Å². The first-order valence-electron chi connectivity index (χ1n) is 8.69. The van der Waals surface area contributed by atoms with Crippen LogP contribution in [0.1, 0.15) is 25.3 Å². The number of aliphatic hydroxyl groups is 1. The van der Waals surface area contributed by atoms with Gasteiger partial charge in [-0.2, -0.15) is 0 Å². The highest BCUT2D eigenvalue weighted by Crippen LogP contribution is 2.19. The van der Waals surface area contributed by atoms with E-state index in [1.165, 1.54) is 6.42 Å². The van der Waals surface area contributed by atoms with Gasteiger partial charge in [0.15, 0.2) is 0 Å². The Bertz CT molecular complexity index is 524. The molecule has 0 bridgehead atoms. The summed E-state index contributed by atoms with van der Waals surface area (Å²) < 4.78 is 5.35. The number of hydrogen-bond acceptors (Lipinski definition) is 4. The maximum absolute atomic E-state index is 12.5. The number of likely N-dealkylation sites (tertiary alicyclic amines) is 1. The van der Waals surface area contributed by atoms with Crippen LogP contribution in [0.15, 0.2) is 24.3 Å². The highest BCUT2D eigenvalue weighted by atomic mass is 16.5. The lowest BCUT2D eigenvalue weighted by Crippen LogP contribution is -2.46. The Morgan fingerprint density at radius 1 is 1.46 bits per heavy atom. The van der Waals surface area contributed by atoms with E-state index >= 15 is 0 Å². The molecule has 0 aliphatic carbocycles. The van der Waals surface area contributed by atoms with Crippen molar-refractivity contribution in [2.45, 2.75) is 32.4 Å². The maximum atomic E-state index is 12.5. The van der Waals surface area contributed by atoms with E-state index in [0.717, 1.165) is 30.8 Å². The first-order chi connectivity index (χ1) is 11.7. The summed E-state index contributed by atoms with van der Waals surface area (Å²) in [6.45, 7) is 5.58. The zero-order valence-electron chi connectivity index (χ0n) is 14.7. The average Bonchev–Trinajstić information content (AvgIpc) is 3.07. The summed E-state index contributed by atoms with van der Waals surface area (Å²) in [6, 6.07) is 7.91. The first-order valence-corrected chi connectivity index (χ1v) is 8.69. The summed E-state index contributed by atoms with van der Waals surface area (Å²) in [6.07, 6.45) is 2.32. The second kappa shape index (κ2) is 9.49. The minimum atomic E-state index is -0.141. The average molecular weight is 335 g/mol. The molecular formula is C18H29N3O3. The van der Waals surface area contributed by atoms with Crippen molar-refractivity contribution < 1.29 is 14.6 Å². The molecule has 2 rings (SSSR count). The molecule has 6 heteroatoms. The lowest BCUT2D eigenvalue weighted by Gasteiger charge is -2.26. The SMILES string of the molecule is CCN1CCC[C@@H]1CNC(=O)N(CCO)Cc1ccccc1OC. The summed E-state index contributed by atoms with van der Waals surface area (Å²) in [5.41, 5.74) is 0.930. The van der Waals surface area contributed by atoms with E-state index < -0.39 is 0 Å². The van der Waals surface area contributed by atoms with Gasteiger partial charge in [0.25, 0.3) is 0 Å². The number of para-hydroxylation sites is 1. The Balaban J connectivity index is 1.94. The molecule has 1 aromatic carbocycles. The molecule has 1 saturated heterocycles. The van der Waals surface area contributed by atoms with Crippen LogP contribution >= 0.6 is 0 Å². The highest BCUT2D eigenvalue weighted by Gasteiger charge is 2.24. The zero-order chi connectivity index (χ0) is 17.4. The summed E-state index contributed by atoms with van der Waals surface area (Å²) >= 11 is 0. The van der Waals surface area contributed by atoms with Gasteiger partial charge in [-0.15, -0.1) is 0 Å². The van der Waals surface area contributed by atoms with E-state index in [1.54, 1.807) is 12.0 Å². The van der Waals surface area contributed by atoms with Gasteiger partial charge >= 0.3 is 6.03 Å². The fraction of sp³-hybridized carbons (Fsp3) is 0.611. The lowest BCUT2D eigenvalue weighted by molar-refractivity contribution is 0.169. The van der Waals surface area contributed by atoms with Crippen LogP contribution in [0.25, 0.3) is 0 Å². The Morgan fingerprint density at radius 3 is 2.96 bits per heavy atom. The van der Waals surface area contributed by atoms with Crippen LogP contribution in [-0.2, 0) is 6.54 Å². The molecular weight excluding hydrogens is 306 g/mol. The number of urea groups is 1. The molecule has 1 aromatic rings. The Morgan fingerprint density at radius 2 is 2.25 bits per heavy atom. The van der Waals surface area contributed by atoms with Crippen molar-refractivity contribution in [3.63, 3.8) is 0 Å². The van der Waals surface area contributed by atoms with Gasteiger partial charge in [0.1, 0.15) is 5.75 Å². The largest absolute Gasteiger partial charge is 0.496 e. The zero-order valence-corrected chi connectivity index (χ0v) is 14.7. The van der Waals surface area contributed by atoms with Crippen LogP contribution in [0, 0.1) is 0 Å². The van der Waals surface area contributed by atoms with Crippen molar-refractivity contribution in [2.24, 2.45) is 0 Å². The third-order valence-corrected chi connectivity index (χ3v) is 4.61. The second-order valence-electron chi connectivity index (χ2n) is 6.07. The van der Waals surface area contributed by atoms with Gasteiger partial charge in [-0.25, -0.2) is 4.79 Å². The first kappa shape index (κ1) is 18.5. The topological polar surface area (TPSA) is 65.0 Å². The molecule has 6 nitrogen and oxygen atoms in total. The third-order valence-electron chi connectivity index (χ3n) is 4.61. The third kappa shape index (κ3) is 4.85. The van der Waals surface area contributed by atoms with E-state index in [1.807, 2.05) is 24.3 Å². The number of carbonyl (C=O) groups is 1. The number of hydrogen-bond donors (Lipinski definition) is 2. The number of likely N-dealkylation sites (N-methyl/N-ethyl adjacent to an activating group) is 1. The molecule has 0 spiro atoms. The Kier molecular flexibility index (Phi) is 7.34. The predicted octanol–water partition coefficient (Wildman–Crippen LogP) is 1.68. The number of ether oxygens (including phenoxy) is 1. The van der Waals surface area contributed by atoms with Gasteiger partial charge < -0.3 is 20.1 Å². The molecule has 1 aliphatic rings. The number of rotatable bonds is 8. The van der Waals surface area contributed by atoms with E-state index in [-0.39, 0.29) is 12.6 Å². The molecule has 0 saturated carbocycles. The van der Waals surface area contributed by atoms with Crippen molar-refractivity contribution in [1.29, 1.82) is 0 Å². The number of aliphatic hydroxyl groups excluding tert-OH is 1. The van der Waals surface area contributed by atoms with Crippen LogP contribution < -0.4 is 10.1 Å². The molecule has 1 fully saturated rings. The van der Waals surface area contributed by atoms with Crippen molar-refractivity contribution in [2.75, 3.05) is 39.9 Å². The summed E-state index contributed by atoms with van der Waals surface area (Å²) in [7, 11) is 1.62. The molecule has 0 radical (unpaired) electrons. The molecule has 2 amide bonds.